The quantitative estimate of drug-likeness (QED) is 0.859. The van der Waals surface area contributed by atoms with Crippen LogP contribution in [0.15, 0.2) is 17.2 Å². The SMILES string of the molecule is CC(C)n1cc(S(=O)(=O)NC2(C)CCOC2C)cc1CN. The molecule has 0 radical (unpaired) electrons. The summed E-state index contributed by atoms with van der Waals surface area (Å²) in [7, 11) is -3.59. The topological polar surface area (TPSA) is 86.3 Å². The molecule has 120 valence electrons. The average molecular weight is 315 g/mol. The van der Waals surface area contributed by atoms with E-state index in [2.05, 4.69) is 4.72 Å². The van der Waals surface area contributed by atoms with Gasteiger partial charge in [0.1, 0.15) is 0 Å². The Hall–Kier alpha value is -0.890. The van der Waals surface area contributed by atoms with Crippen molar-refractivity contribution in [1.82, 2.24) is 9.29 Å². The number of hydrogen-bond acceptors (Lipinski definition) is 4. The molecule has 2 heterocycles. The van der Waals surface area contributed by atoms with Gasteiger partial charge in [0.15, 0.2) is 0 Å². The summed E-state index contributed by atoms with van der Waals surface area (Å²) >= 11 is 0. The van der Waals surface area contributed by atoms with Gasteiger partial charge in [-0.2, -0.15) is 0 Å². The maximum Gasteiger partial charge on any atom is 0.242 e. The van der Waals surface area contributed by atoms with E-state index in [1.165, 1.54) is 0 Å². The van der Waals surface area contributed by atoms with Crippen LogP contribution in [0.2, 0.25) is 0 Å². The first kappa shape index (κ1) is 16.5. The summed E-state index contributed by atoms with van der Waals surface area (Å²) in [6.07, 6.45) is 2.18. The van der Waals surface area contributed by atoms with Gasteiger partial charge >= 0.3 is 0 Å². The summed E-state index contributed by atoms with van der Waals surface area (Å²) in [4.78, 5) is 0.261. The molecular formula is C14H25N3O3S. The van der Waals surface area contributed by atoms with E-state index in [4.69, 9.17) is 10.5 Å². The van der Waals surface area contributed by atoms with E-state index in [-0.39, 0.29) is 17.0 Å². The van der Waals surface area contributed by atoms with Crippen LogP contribution in [0.4, 0.5) is 0 Å². The zero-order valence-electron chi connectivity index (χ0n) is 13.1. The van der Waals surface area contributed by atoms with Crippen LogP contribution in [0, 0.1) is 0 Å². The summed E-state index contributed by atoms with van der Waals surface area (Å²) < 4.78 is 35.4. The highest BCUT2D eigenvalue weighted by Crippen LogP contribution is 2.28. The molecule has 7 heteroatoms. The summed E-state index contributed by atoms with van der Waals surface area (Å²) in [5, 5.41) is 0. The van der Waals surface area contributed by atoms with E-state index in [0.717, 1.165) is 5.69 Å². The molecular weight excluding hydrogens is 290 g/mol. The average Bonchev–Trinajstić information content (AvgIpc) is 2.94. The first-order valence-corrected chi connectivity index (χ1v) is 8.74. The normalized spacial score (nSPS) is 26.7. The fourth-order valence-corrected chi connectivity index (χ4v) is 4.17. The van der Waals surface area contributed by atoms with E-state index >= 15 is 0 Å². The number of hydrogen-bond donors (Lipinski definition) is 2. The standard InChI is InChI=1S/C14H25N3O3S/c1-10(2)17-9-13(7-12(17)8-15)21(18,19)16-14(4)5-6-20-11(14)3/h7,9-11,16H,5-6,8,15H2,1-4H3. The maximum atomic E-state index is 12.6. The minimum atomic E-state index is -3.59. The lowest BCUT2D eigenvalue weighted by atomic mass is 9.97. The van der Waals surface area contributed by atoms with E-state index in [9.17, 15) is 8.42 Å². The molecule has 1 fully saturated rings. The first-order valence-electron chi connectivity index (χ1n) is 7.26. The zero-order chi connectivity index (χ0) is 15.8. The molecule has 2 rings (SSSR count). The molecule has 3 N–H and O–H groups in total. The van der Waals surface area contributed by atoms with Crippen molar-refractivity contribution >= 4 is 10.0 Å². The Kier molecular flexibility index (Phi) is 4.49. The number of sulfonamides is 1. The summed E-state index contributed by atoms with van der Waals surface area (Å²) in [6, 6.07) is 1.81. The molecule has 6 nitrogen and oxygen atoms in total. The number of nitrogens with zero attached hydrogens (tertiary/aromatic N) is 1. The van der Waals surface area contributed by atoms with Crippen LogP contribution in [-0.2, 0) is 21.3 Å². The predicted octanol–water partition coefficient (Wildman–Crippen LogP) is 1.37. The maximum absolute atomic E-state index is 12.6. The first-order chi connectivity index (χ1) is 9.69. The highest BCUT2D eigenvalue weighted by molar-refractivity contribution is 7.89. The van der Waals surface area contributed by atoms with Crippen LogP contribution in [0.1, 0.15) is 45.9 Å². The molecule has 1 aliphatic heterocycles. The number of nitrogens with two attached hydrogens (primary N) is 1. The monoisotopic (exact) mass is 315 g/mol. The van der Waals surface area contributed by atoms with Gasteiger partial charge in [-0.05, 0) is 40.2 Å². The van der Waals surface area contributed by atoms with E-state index in [1.807, 2.05) is 32.3 Å². The van der Waals surface area contributed by atoms with Crippen molar-refractivity contribution in [2.45, 2.75) is 63.2 Å². The largest absolute Gasteiger partial charge is 0.376 e. The smallest absolute Gasteiger partial charge is 0.242 e. The van der Waals surface area contributed by atoms with Crippen molar-refractivity contribution in [3.8, 4) is 0 Å². The minimum Gasteiger partial charge on any atom is -0.376 e. The lowest BCUT2D eigenvalue weighted by molar-refractivity contribution is 0.0957. The Bertz CT molecular complexity index is 609. The van der Waals surface area contributed by atoms with Crippen LogP contribution < -0.4 is 10.5 Å². The van der Waals surface area contributed by atoms with Crippen LogP contribution in [-0.4, -0.2) is 31.2 Å². The van der Waals surface area contributed by atoms with Crippen molar-refractivity contribution in [3.63, 3.8) is 0 Å². The fourth-order valence-electron chi connectivity index (χ4n) is 2.62. The van der Waals surface area contributed by atoms with Crippen LogP contribution in [0.25, 0.3) is 0 Å². The van der Waals surface area contributed by atoms with Crippen LogP contribution >= 0.6 is 0 Å². The van der Waals surface area contributed by atoms with E-state index in [0.29, 0.717) is 19.6 Å². The summed E-state index contributed by atoms with van der Waals surface area (Å²) in [5.74, 6) is 0. The fraction of sp³-hybridized carbons (Fsp3) is 0.714. The molecule has 1 aromatic heterocycles. The Balaban J connectivity index is 2.32. The summed E-state index contributed by atoms with van der Waals surface area (Å²) in [6.45, 7) is 8.64. The number of rotatable bonds is 5. The molecule has 0 spiro atoms. The molecule has 1 aliphatic rings. The van der Waals surface area contributed by atoms with E-state index in [1.54, 1.807) is 12.3 Å². The van der Waals surface area contributed by atoms with Crippen LogP contribution in [0.5, 0.6) is 0 Å². The Morgan fingerprint density at radius 1 is 1.57 bits per heavy atom. The van der Waals surface area contributed by atoms with Crippen LogP contribution in [0.3, 0.4) is 0 Å². The Morgan fingerprint density at radius 2 is 2.24 bits per heavy atom. The highest BCUT2D eigenvalue weighted by Gasteiger charge is 2.40. The third-order valence-electron chi connectivity index (χ3n) is 4.24. The molecule has 1 aromatic rings. The van der Waals surface area contributed by atoms with Crippen molar-refractivity contribution < 1.29 is 13.2 Å². The molecule has 0 amide bonds. The van der Waals surface area contributed by atoms with Crippen molar-refractivity contribution in [3.05, 3.63) is 18.0 Å². The van der Waals surface area contributed by atoms with Gasteiger partial charge in [0, 0.05) is 31.1 Å². The number of nitrogens with one attached hydrogen (secondary N) is 1. The van der Waals surface area contributed by atoms with Crippen molar-refractivity contribution in [2.75, 3.05) is 6.61 Å². The zero-order valence-corrected chi connectivity index (χ0v) is 13.9. The predicted molar refractivity (Wildman–Crippen MR) is 81.5 cm³/mol. The molecule has 21 heavy (non-hydrogen) atoms. The second kappa shape index (κ2) is 5.72. The molecule has 0 saturated carbocycles. The van der Waals surface area contributed by atoms with Crippen molar-refractivity contribution in [1.29, 1.82) is 0 Å². The lowest BCUT2D eigenvalue weighted by Crippen LogP contribution is -2.50. The number of aromatic nitrogens is 1. The van der Waals surface area contributed by atoms with Gasteiger partial charge in [-0.15, -0.1) is 0 Å². The number of ether oxygens (including phenoxy) is 1. The second-order valence-electron chi connectivity index (χ2n) is 6.16. The lowest BCUT2D eigenvalue weighted by Gasteiger charge is -2.28. The van der Waals surface area contributed by atoms with Gasteiger partial charge in [-0.1, -0.05) is 0 Å². The third-order valence-corrected chi connectivity index (χ3v) is 5.82. The van der Waals surface area contributed by atoms with Gasteiger partial charge in [0.05, 0.1) is 16.5 Å². The Morgan fingerprint density at radius 3 is 2.67 bits per heavy atom. The summed E-state index contributed by atoms with van der Waals surface area (Å²) in [5.41, 5.74) is 5.94. The van der Waals surface area contributed by atoms with Gasteiger partial charge in [-0.3, -0.25) is 0 Å². The van der Waals surface area contributed by atoms with Gasteiger partial charge in [-0.25, -0.2) is 13.1 Å². The van der Waals surface area contributed by atoms with Gasteiger partial charge in [0.25, 0.3) is 0 Å². The molecule has 0 aromatic carbocycles. The molecule has 2 unspecified atom stereocenters. The minimum absolute atomic E-state index is 0.145. The molecule has 0 aliphatic carbocycles. The Labute approximate surface area is 126 Å². The van der Waals surface area contributed by atoms with E-state index < -0.39 is 15.6 Å². The molecule has 0 bridgehead atoms. The highest BCUT2D eigenvalue weighted by atomic mass is 32.2. The second-order valence-corrected chi connectivity index (χ2v) is 7.84. The van der Waals surface area contributed by atoms with Gasteiger partial charge in [0.2, 0.25) is 10.0 Å². The molecule has 1 saturated heterocycles. The van der Waals surface area contributed by atoms with Gasteiger partial charge < -0.3 is 15.0 Å². The molecule has 2 atom stereocenters. The third kappa shape index (κ3) is 3.15. The van der Waals surface area contributed by atoms with Crippen molar-refractivity contribution in [2.24, 2.45) is 5.73 Å².